The normalized spacial score (nSPS) is 19.5. The molecule has 25 heavy (non-hydrogen) atoms. The van der Waals surface area contributed by atoms with E-state index in [4.69, 9.17) is 9.47 Å². The molecule has 0 unspecified atom stereocenters. The number of hydrogen-bond donors (Lipinski definition) is 0. The number of carbonyl (C=O) groups excluding carboxylic acids is 2. The van der Waals surface area contributed by atoms with Crippen molar-refractivity contribution in [3.05, 3.63) is 66.0 Å². The second kappa shape index (κ2) is 7.34. The van der Waals surface area contributed by atoms with Crippen LogP contribution in [0.25, 0.3) is 0 Å². The van der Waals surface area contributed by atoms with E-state index in [-0.39, 0.29) is 24.6 Å². The van der Waals surface area contributed by atoms with Crippen molar-refractivity contribution in [2.24, 2.45) is 0 Å². The van der Waals surface area contributed by atoms with Crippen molar-refractivity contribution < 1.29 is 23.5 Å². The summed E-state index contributed by atoms with van der Waals surface area (Å²) in [6.07, 6.45) is -0.242. The second-order valence-corrected chi connectivity index (χ2v) is 5.77. The van der Waals surface area contributed by atoms with Gasteiger partial charge in [-0.15, -0.1) is 0 Å². The highest BCUT2D eigenvalue weighted by molar-refractivity contribution is 5.97. The number of benzene rings is 2. The van der Waals surface area contributed by atoms with E-state index in [1.165, 1.54) is 24.1 Å². The Morgan fingerprint density at radius 2 is 1.76 bits per heavy atom. The van der Waals surface area contributed by atoms with Crippen molar-refractivity contribution in [3.63, 3.8) is 0 Å². The lowest BCUT2D eigenvalue weighted by molar-refractivity contribution is -0.145. The first-order valence-electron chi connectivity index (χ1n) is 7.95. The predicted molar refractivity (Wildman–Crippen MR) is 88.7 cm³/mol. The number of esters is 1. The molecule has 1 aliphatic heterocycles. The van der Waals surface area contributed by atoms with Crippen LogP contribution in [0, 0.1) is 5.82 Å². The lowest BCUT2D eigenvalue weighted by atomic mass is 10.1. The van der Waals surface area contributed by atoms with Gasteiger partial charge in [-0.2, -0.15) is 0 Å². The number of halogens is 1. The number of hydrogen-bond acceptors (Lipinski definition) is 4. The number of para-hydroxylation sites is 1. The highest BCUT2D eigenvalue weighted by atomic mass is 19.1. The fraction of sp³-hybridized carbons (Fsp3) is 0.263. The fourth-order valence-corrected chi connectivity index (χ4v) is 2.93. The van der Waals surface area contributed by atoms with Crippen LogP contribution in [0.4, 0.5) is 4.39 Å². The lowest BCUT2D eigenvalue weighted by Crippen LogP contribution is -2.41. The van der Waals surface area contributed by atoms with Gasteiger partial charge in [-0.1, -0.05) is 30.3 Å². The minimum absolute atomic E-state index is 0.102. The molecule has 6 heteroatoms. The van der Waals surface area contributed by atoms with E-state index < -0.39 is 23.9 Å². The summed E-state index contributed by atoms with van der Waals surface area (Å²) in [5.41, 5.74) is 0.475. The summed E-state index contributed by atoms with van der Waals surface area (Å²) < 4.78 is 24.3. The van der Waals surface area contributed by atoms with Crippen LogP contribution in [-0.4, -0.2) is 42.6 Å². The van der Waals surface area contributed by atoms with E-state index in [1.807, 2.05) is 6.07 Å². The minimum atomic E-state index is -0.755. The third-order valence-corrected chi connectivity index (χ3v) is 4.15. The number of methoxy groups -OCH3 is 1. The zero-order valence-corrected chi connectivity index (χ0v) is 13.7. The van der Waals surface area contributed by atoms with E-state index in [2.05, 4.69) is 0 Å². The molecule has 2 aromatic carbocycles. The summed E-state index contributed by atoms with van der Waals surface area (Å²) in [7, 11) is 1.28. The Balaban J connectivity index is 1.80. The quantitative estimate of drug-likeness (QED) is 0.801. The molecular formula is C19H18FNO4. The molecule has 0 aromatic heterocycles. The molecule has 2 aromatic rings. The summed E-state index contributed by atoms with van der Waals surface area (Å²) in [6, 6.07) is 14.0. The van der Waals surface area contributed by atoms with Crippen molar-refractivity contribution in [1.82, 2.24) is 4.90 Å². The molecule has 1 fully saturated rings. The van der Waals surface area contributed by atoms with E-state index in [0.29, 0.717) is 5.56 Å². The van der Waals surface area contributed by atoms with E-state index >= 15 is 0 Å². The van der Waals surface area contributed by atoms with Crippen molar-refractivity contribution in [3.8, 4) is 5.75 Å². The minimum Gasteiger partial charge on any atom is -0.485 e. The number of carbonyl (C=O) groups is 2. The summed E-state index contributed by atoms with van der Waals surface area (Å²) in [4.78, 5) is 26.2. The Morgan fingerprint density at radius 1 is 1.08 bits per heavy atom. The van der Waals surface area contributed by atoms with Crippen LogP contribution in [0.5, 0.6) is 5.75 Å². The molecule has 0 spiro atoms. The molecule has 5 nitrogen and oxygen atoms in total. The average Bonchev–Trinajstić information content (AvgIpc) is 3.07. The molecule has 2 atom stereocenters. The Morgan fingerprint density at radius 3 is 2.44 bits per heavy atom. The zero-order chi connectivity index (χ0) is 17.8. The largest absolute Gasteiger partial charge is 0.485 e. The number of ether oxygens (including phenoxy) is 2. The molecule has 0 bridgehead atoms. The first kappa shape index (κ1) is 17.0. The second-order valence-electron chi connectivity index (χ2n) is 5.77. The van der Waals surface area contributed by atoms with Crippen LogP contribution in [0.3, 0.4) is 0 Å². The van der Waals surface area contributed by atoms with Gasteiger partial charge in [0.25, 0.3) is 5.91 Å². The average molecular weight is 343 g/mol. The molecule has 1 aliphatic rings. The maximum atomic E-state index is 13.8. The molecule has 0 saturated carbocycles. The van der Waals surface area contributed by atoms with E-state index in [0.717, 1.165) is 0 Å². The Hall–Kier alpha value is -2.89. The van der Waals surface area contributed by atoms with Gasteiger partial charge in [0.15, 0.2) is 11.6 Å². The topological polar surface area (TPSA) is 55.8 Å². The first-order chi connectivity index (χ1) is 12.1. The maximum absolute atomic E-state index is 13.8. The Bertz CT molecular complexity index is 765. The highest BCUT2D eigenvalue weighted by Crippen LogP contribution is 2.27. The Labute approximate surface area is 145 Å². The van der Waals surface area contributed by atoms with Gasteiger partial charge >= 0.3 is 5.97 Å². The van der Waals surface area contributed by atoms with Gasteiger partial charge in [0.2, 0.25) is 0 Å². The smallest absolute Gasteiger partial charge is 0.328 e. The van der Waals surface area contributed by atoms with Crippen molar-refractivity contribution in [2.75, 3.05) is 13.7 Å². The van der Waals surface area contributed by atoms with Crippen LogP contribution in [-0.2, 0) is 9.53 Å². The molecule has 0 N–H and O–H groups in total. The number of likely N-dealkylation sites (tertiary alicyclic amines) is 1. The monoisotopic (exact) mass is 343 g/mol. The van der Waals surface area contributed by atoms with Gasteiger partial charge in [0.1, 0.15) is 12.1 Å². The number of rotatable bonds is 4. The number of amides is 1. The predicted octanol–water partition coefficient (Wildman–Crippen LogP) is 2.66. The fourth-order valence-electron chi connectivity index (χ4n) is 2.93. The van der Waals surface area contributed by atoms with Gasteiger partial charge in [0, 0.05) is 12.0 Å². The van der Waals surface area contributed by atoms with Crippen molar-refractivity contribution in [1.29, 1.82) is 0 Å². The van der Waals surface area contributed by atoms with Crippen LogP contribution in [0.2, 0.25) is 0 Å². The van der Waals surface area contributed by atoms with Gasteiger partial charge in [-0.25, -0.2) is 9.18 Å². The maximum Gasteiger partial charge on any atom is 0.328 e. The third-order valence-electron chi connectivity index (χ3n) is 4.15. The summed E-state index contributed by atoms with van der Waals surface area (Å²) in [5.74, 6) is -1.17. The SMILES string of the molecule is COC(=O)[C@H]1C[C@@H](Oc2ccccc2F)CN1C(=O)c1ccccc1. The van der Waals surface area contributed by atoms with Gasteiger partial charge in [0.05, 0.1) is 13.7 Å². The van der Waals surface area contributed by atoms with Crippen LogP contribution in [0.1, 0.15) is 16.8 Å². The standard InChI is InChI=1S/C19H18FNO4/c1-24-19(23)16-11-14(25-17-10-6-5-9-15(17)20)12-21(16)18(22)13-7-3-2-4-8-13/h2-10,14,16H,11-12H2,1H3/t14-,16-/m1/s1. The molecule has 0 aliphatic carbocycles. The molecule has 1 amide bonds. The third kappa shape index (κ3) is 3.63. The first-order valence-corrected chi connectivity index (χ1v) is 7.95. The highest BCUT2D eigenvalue weighted by Gasteiger charge is 2.41. The molecule has 3 rings (SSSR count). The van der Waals surface area contributed by atoms with E-state index in [1.54, 1.807) is 36.4 Å². The van der Waals surface area contributed by atoms with E-state index in [9.17, 15) is 14.0 Å². The molecule has 1 saturated heterocycles. The summed E-state index contributed by atoms with van der Waals surface area (Å²) in [5, 5.41) is 0. The van der Waals surface area contributed by atoms with Crippen molar-refractivity contribution >= 4 is 11.9 Å². The summed E-state index contributed by atoms with van der Waals surface area (Å²) in [6.45, 7) is 0.182. The Kier molecular flexibility index (Phi) is 4.97. The summed E-state index contributed by atoms with van der Waals surface area (Å²) >= 11 is 0. The molecule has 130 valence electrons. The van der Waals surface area contributed by atoms with Gasteiger partial charge in [-0.05, 0) is 24.3 Å². The van der Waals surface area contributed by atoms with Crippen LogP contribution < -0.4 is 4.74 Å². The van der Waals surface area contributed by atoms with Crippen molar-refractivity contribution in [2.45, 2.75) is 18.6 Å². The van der Waals surface area contributed by atoms with Gasteiger partial charge in [-0.3, -0.25) is 4.79 Å². The molecular weight excluding hydrogens is 325 g/mol. The van der Waals surface area contributed by atoms with Gasteiger partial charge < -0.3 is 14.4 Å². The van der Waals surface area contributed by atoms with Crippen LogP contribution >= 0.6 is 0 Å². The molecule has 1 heterocycles. The van der Waals surface area contributed by atoms with Crippen LogP contribution in [0.15, 0.2) is 54.6 Å². The lowest BCUT2D eigenvalue weighted by Gasteiger charge is -2.22. The molecule has 0 radical (unpaired) electrons. The zero-order valence-electron chi connectivity index (χ0n) is 13.7. The number of nitrogens with zero attached hydrogens (tertiary/aromatic N) is 1.